The van der Waals surface area contributed by atoms with Gasteiger partial charge in [-0.25, -0.2) is 9.97 Å². The highest BCUT2D eigenvalue weighted by molar-refractivity contribution is 5.86. The number of oxazole rings is 2. The summed E-state index contributed by atoms with van der Waals surface area (Å²) in [6.07, 6.45) is 0. The predicted molar refractivity (Wildman–Crippen MR) is 173 cm³/mol. The van der Waals surface area contributed by atoms with Gasteiger partial charge in [-0.3, -0.25) is 0 Å². The van der Waals surface area contributed by atoms with Crippen LogP contribution in [0.4, 0.5) is 17.1 Å². The normalized spacial score (nSPS) is 11.3. The summed E-state index contributed by atoms with van der Waals surface area (Å²) in [5.74, 6) is 1.21. The lowest BCUT2D eigenvalue weighted by Crippen LogP contribution is -2.09. The van der Waals surface area contributed by atoms with Crippen molar-refractivity contribution in [2.75, 3.05) is 4.90 Å². The van der Waals surface area contributed by atoms with Crippen molar-refractivity contribution in [3.63, 3.8) is 0 Å². The third-order valence-corrected chi connectivity index (χ3v) is 7.55. The number of benzene rings is 6. The highest BCUT2D eigenvalue weighted by Gasteiger charge is 2.17. The van der Waals surface area contributed by atoms with Crippen LogP contribution in [0.3, 0.4) is 0 Å². The molecule has 0 N–H and O–H groups in total. The van der Waals surface area contributed by atoms with Crippen molar-refractivity contribution in [3.8, 4) is 34.0 Å². The number of hydrogen-bond donors (Lipinski definition) is 0. The molecule has 5 heteroatoms. The van der Waals surface area contributed by atoms with Crippen LogP contribution in [0.15, 0.2) is 160 Å². The molecule has 0 amide bonds. The number of anilines is 3. The molecule has 0 saturated heterocycles. The van der Waals surface area contributed by atoms with Gasteiger partial charge in [0.1, 0.15) is 11.0 Å². The van der Waals surface area contributed by atoms with Crippen LogP contribution in [0, 0.1) is 0 Å². The quantitative estimate of drug-likeness (QED) is 0.204. The van der Waals surface area contributed by atoms with E-state index in [0.29, 0.717) is 11.8 Å². The molecule has 8 aromatic rings. The van der Waals surface area contributed by atoms with E-state index in [1.165, 1.54) is 5.56 Å². The largest absolute Gasteiger partial charge is 0.436 e. The molecule has 0 spiro atoms. The first-order chi connectivity index (χ1) is 21.3. The Balaban J connectivity index is 1.20. The van der Waals surface area contributed by atoms with Gasteiger partial charge in [-0.1, -0.05) is 72.8 Å². The summed E-state index contributed by atoms with van der Waals surface area (Å²) >= 11 is 0. The maximum Gasteiger partial charge on any atom is 0.227 e. The number of fused-ring (bicyclic) bond motifs is 2. The van der Waals surface area contributed by atoms with E-state index in [4.69, 9.17) is 13.8 Å². The number of nitrogens with zero attached hydrogens (tertiary/aromatic N) is 3. The number of rotatable bonds is 6. The molecule has 6 aromatic carbocycles. The SMILES string of the molecule is c1ccc(-c2ccc(N(c3ccc(-c4nc5ccccc5o4)cc3)c3ccc4nc(-c5ccccc5)oc4c3)cc2)cc1. The Morgan fingerprint density at radius 3 is 1.49 bits per heavy atom. The maximum absolute atomic E-state index is 6.24. The van der Waals surface area contributed by atoms with Gasteiger partial charge in [0, 0.05) is 34.3 Å². The molecule has 204 valence electrons. The average Bonchev–Trinajstić information content (AvgIpc) is 3.71. The van der Waals surface area contributed by atoms with E-state index >= 15 is 0 Å². The number of aromatic nitrogens is 2. The molecule has 43 heavy (non-hydrogen) atoms. The van der Waals surface area contributed by atoms with Crippen LogP contribution in [0.2, 0.25) is 0 Å². The molecular formula is C38H25N3O2. The third-order valence-electron chi connectivity index (χ3n) is 7.55. The van der Waals surface area contributed by atoms with E-state index in [0.717, 1.165) is 56.0 Å². The zero-order valence-electron chi connectivity index (χ0n) is 23.1. The van der Waals surface area contributed by atoms with Crippen LogP contribution in [0.25, 0.3) is 56.2 Å². The lowest BCUT2D eigenvalue weighted by Gasteiger charge is -2.25. The summed E-state index contributed by atoms with van der Waals surface area (Å²) < 4.78 is 12.3. The highest BCUT2D eigenvalue weighted by atomic mass is 16.4. The van der Waals surface area contributed by atoms with Crippen molar-refractivity contribution in [2.45, 2.75) is 0 Å². The van der Waals surface area contributed by atoms with Gasteiger partial charge >= 0.3 is 0 Å². The Bertz CT molecular complexity index is 2130. The van der Waals surface area contributed by atoms with Gasteiger partial charge < -0.3 is 13.7 Å². The van der Waals surface area contributed by atoms with Crippen LogP contribution in [0.5, 0.6) is 0 Å². The predicted octanol–water partition coefficient (Wildman–Crippen LogP) is 10.4. The summed E-state index contributed by atoms with van der Waals surface area (Å²) in [5.41, 5.74) is 10.3. The van der Waals surface area contributed by atoms with Crippen molar-refractivity contribution in [1.29, 1.82) is 0 Å². The molecular weight excluding hydrogens is 530 g/mol. The summed E-state index contributed by atoms with van der Waals surface area (Å²) in [7, 11) is 0. The van der Waals surface area contributed by atoms with Crippen LogP contribution < -0.4 is 4.90 Å². The third kappa shape index (κ3) is 4.73. The Labute approximate surface area is 248 Å². The molecule has 2 heterocycles. The lowest BCUT2D eigenvalue weighted by molar-refractivity contribution is 0.619. The molecule has 0 atom stereocenters. The Kier molecular flexibility index (Phi) is 6.05. The van der Waals surface area contributed by atoms with Crippen molar-refractivity contribution in [2.24, 2.45) is 0 Å². The average molecular weight is 556 g/mol. The first-order valence-corrected chi connectivity index (χ1v) is 14.2. The van der Waals surface area contributed by atoms with Gasteiger partial charge in [-0.05, 0) is 83.9 Å². The van der Waals surface area contributed by atoms with E-state index in [2.05, 4.69) is 82.7 Å². The van der Waals surface area contributed by atoms with Gasteiger partial charge in [-0.2, -0.15) is 0 Å². The fourth-order valence-corrected chi connectivity index (χ4v) is 5.39. The monoisotopic (exact) mass is 555 g/mol. The Morgan fingerprint density at radius 1 is 0.372 bits per heavy atom. The molecule has 2 aromatic heterocycles. The minimum atomic E-state index is 0.600. The zero-order valence-corrected chi connectivity index (χ0v) is 23.1. The van der Waals surface area contributed by atoms with Gasteiger partial charge in [-0.15, -0.1) is 0 Å². The molecule has 0 aliphatic heterocycles. The fourth-order valence-electron chi connectivity index (χ4n) is 5.39. The first kappa shape index (κ1) is 24.8. The van der Waals surface area contributed by atoms with Crippen LogP contribution in [-0.2, 0) is 0 Å². The summed E-state index contributed by atoms with van der Waals surface area (Å²) in [4.78, 5) is 11.6. The van der Waals surface area contributed by atoms with Crippen molar-refractivity contribution >= 4 is 39.3 Å². The molecule has 0 aliphatic carbocycles. The number of para-hydroxylation sites is 2. The van der Waals surface area contributed by atoms with Crippen molar-refractivity contribution < 1.29 is 8.83 Å². The molecule has 0 fully saturated rings. The molecule has 0 unspecified atom stereocenters. The maximum atomic E-state index is 6.24. The standard InChI is InChI=1S/C38H25N3O2/c1-3-9-26(10-4-1)27-15-19-30(20-16-27)41(31-21-17-29(18-22-31)38-39-33-13-7-8-14-35(33)42-38)32-23-24-34-36(25-32)43-37(40-34)28-11-5-2-6-12-28/h1-25H. The molecule has 0 aliphatic rings. The second kappa shape index (κ2) is 10.5. The van der Waals surface area contributed by atoms with E-state index in [-0.39, 0.29) is 0 Å². The minimum absolute atomic E-state index is 0.600. The van der Waals surface area contributed by atoms with Gasteiger partial charge in [0.2, 0.25) is 11.8 Å². The lowest BCUT2D eigenvalue weighted by atomic mass is 10.0. The minimum Gasteiger partial charge on any atom is -0.436 e. The molecule has 0 saturated carbocycles. The fraction of sp³-hybridized carbons (Fsp3) is 0. The highest BCUT2D eigenvalue weighted by Crippen LogP contribution is 2.38. The molecule has 0 bridgehead atoms. The summed E-state index contributed by atoms with van der Waals surface area (Å²) in [5, 5.41) is 0. The number of hydrogen-bond acceptors (Lipinski definition) is 5. The van der Waals surface area contributed by atoms with Gasteiger partial charge in [0.05, 0.1) is 0 Å². The first-order valence-electron chi connectivity index (χ1n) is 14.2. The van der Waals surface area contributed by atoms with E-state index in [1.807, 2.05) is 78.9 Å². The molecule has 5 nitrogen and oxygen atoms in total. The van der Waals surface area contributed by atoms with Crippen molar-refractivity contribution in [1.82, 2.24) is 9.97 Å². The van der Waals surface area contributed by atoms with Crippen LogP contribution in [0.1, 0.15) is 0 Å². The second-order valence-electron chi connectivity index (χ2n) is 10.3. The Hall–Kier alpha value is -5.94. The Morgan fingerprint density at radius 2 is 0.837 bits per heavy atom. The van der Waals surface area contributed by atoms with Crippen molar-refractivity contribution in [3.05, 3.63) is 152 Å². The smallest absolute Gasteiger partial charge is 0.227 e. The van der Waals surface area contributed by atoms with E-state index in [1.54, 1.807) is 0 Å². The van der Waals surface area contributed by atoms with Crippen LogP contribution >= 0.6 is 0 Å². The summed E-state index contributed by atoms with van der Waals surface area (Å²) in [6, 6.07) is 51.2. The van der Waals surface area contributed by atoms with Gasteiger partial charge in [0.25, 0.3) is 0 Å². The van der Waals surface area contributed by atoms with E-state index in [9.17, 15) is 0 Å². The zero-order chi connectivity index (χ0) is 28.6. The van der Waals surface area contributed by atoms with Crippen LogP contribution in [-0.4, -0.2) is 9.97 Å². The topological polar surface area (TPSA) is 55.3 Å². The molecule has 0 radical (unpaired) electrons. The van der Waals surface area contributed by atoms with Gasteiger partial charge in [0.15, 0.2) is 11.2 Å². The molecule has 8 rings (SSSR count). The summed E-state index contributed by atoms with van der Waals surface area (Å²) in [6.45, 7) is 0. The van der Waals surface area contributed by atoms with E-state index < -0.39 is 0 Å². The second-order valence-corrected chi connectivity index (χ2v) is 10.3.